The van der Waals surface area contributed by atoms with Crippen LogP contribution in [0.5, 0.6) is 0 Å². The molecule has 0 atom stereocenters. The molecular formula is C20H14ClNO5. The number of hydrogen-bond acceptors (Lipinski definition) is 5. The molecule has 0 saturated heterocycles. The number of carbonyl (C=O) groups excluding carboxylic acids is 2. The third-order valence-electron chi connectivity index (χ3n) is 4.57. The second kappa shape index (κ2) is 6.55. The molecule has 0 bridgehead atoms. The van der Waals surface area contributed by atoms with Crippen LogP contribution < -0.4 is 10.3 Å². The maximum atomic E-state index is 13.0. The van der Waals surface area contributed by atoms with Gasteiger partial charge in [0.25, 0.3) is 5.91 Å². The Labute approximate surface area is 158 Å². The Morgan fingerprint density at radius 1 is 1.19 bits per heavy atom. The Balaban J connectivity index is 1.82. The van der Waals surface area contributed by atoms with E-state index in [1.165, 1.54) is 12.0 Å². The first kappa shape index (κ1) is 17.3. The van der Waals surface area contributed by atoms with Gasteiger partial charge in [-0.05, 0) is 36.8 Å². The SMILES string of the molecule is COC(=O)c1cccc(N2CCc3c(oc4c(Cl)cccc4c3=O)C2=O)c1. The van der Waals surface area contributed by atoms with E-state index in [1.54, 1.807) is 42.5 Å². The van der Waals surface area contributed by atoms with Crippen molar-refractivity contribution in [3.05, 3.63) is 74.6 Å². The van der Waals surface area contributed by atoms with Crippen molar-refractivity contribution in [3.8, 4) is 0 Å². The van der Waals surface area contributed by atoms with Crippen molar-refractivity contribution in [3.63, 3.8) is 0 Å². The Bertz CT molecular complexity index is 1150. The molecule has 0 aliphatic carbocycles. The van der Waals surface area contributed by atoms with Gasteiger partial charge in [-0.3, -0.25) is 9.59 Å². The zero-order valence-electron chi connectivity index (χ0n) is 14.3. The molecule has 1 amide bonds. The van der Waals surface area contributed by atoms with Gasteiger partial charge < -0.3 is 14.1 Å². The van der Waals surface area contributed by atoms with Crippen LogP contribution in [0.25, 0.3) is 11.0 Å². The zero-order chi connectivity index (χ0) is 19.1. The van der Waals surface area contributed by atoms with Crippen molar-refractivity contribution in [2.24, 2.45) is 0 Å². The Morgan fingerprint density at radius 3 is 2.74 bits per heavy atom. The van der Waals surface area contributed by atoms with Crippen LogP contribution in [0.15, 0.2) is 51.7 Å². The highest BCUT2D eigenvalue weighted by Crippen LogP contribution is 2.29. The standard InChI is InChI=1S/C20H14ClNO5/c1-26-20(25)11-4-2-5-12(10-11)22-9-8-14-16(23)13-6-3-7-15(21)17(13)27-18(14)19(22)24/h2-7,10H,8-9H2,1H3. The summed E-state index contributed by atoms with van der Waals surface area (Å²) in [6.45, 7) is 0.299. The molecule has 0 fully saturated rings. The summed E-state index contributed by atoms with van der Waals surface area (Å²) in [6, 6.07) is 11.4. The number of fused-ring (bicyclic) bond motifs is 2. The molecular weight excluding hydrogens is 370 g/mol. The third kappa shape index (κ3) is 2.78. The number of carbonyl (C=O) groups is 2. The quantitative estimate of drug-likeness (QED) is 0.633. The molecule has 6 nitrogen and oxygen atoms in total. The summed E-state index contributed by atoms with van der Waals surface area (Å²) in [7, 11) is 1.29. The zero-order valence-corrected chi connectivity index (χ0v) is 15.1. The first-order valence-electron chi connectivity index (χ1n) is 8.25. The van der Waals surface area contributed by atoms with Crippen molar-refractivity contribution in [2.45, 2.75) is 6.42 Å². The fourth-order valence-corrected chi connectivity index (χ4v) is 3.45. The number of rotatable bonds is 2. The predicted molar refractivity (Wildman–Crippen MR) is 101 cm³/mol. The number of methoxy groups -OCH3 is 1. The summed E-state index contributed by atoms with van der Waals surface area (Å²) in [4.78, 5) is 39.0. The lowest BCUT2D eigenvalue weighted by molar-refractivity contribution is 0.0600. The van der Waals surface area contributed by atoms with Gasteiger partial charge >= 0.3 is 5.97 Å². The van der Waals surface area contributed by atoms with Gasteiger partial charge in [-0.2, -0.15) is 0 Å². The largest absolute Gasteiger partial charge is 0.465 e. The normalized spacial score (nSPS) is 13.6. The number of anilines is 1. The number of ether oxygens (including phenoxy) is 1. The van der Waals surface area contributed by atoms with Gasteiger partial charge in [-0.25, -0.2) is 4.79 Å². The van der Waals surface area contributed by atoms with Gasteiger partial charge in [-0.1, -0.05) is 23.7 Å². The molecule has 0 saturated carbocycles. The third-order valence-corrected chi connectivity index (χ3v) is 4.87. The van der Waals surface area contributed by atoms with E-state index < -0.39 is 11.9 Å². The number of para-hydroxylation sites is 1. The van der Waals surface area contributed by atoms with E-state index in [1.807, 2.05) is 0 Å². The summed E-state index contributed by atoms with van der Waals surface area (Å²) in [5, 5.41) is 0.625. The number of esters is 1. The average Bonchev–Trinajstić information content (AvgIpc) is 2.69. The van der Waals surface area contributed by atoms with Crippen LogP contribution in [-0.2, 0) is 11.2 Å². The Kier molecular flexibility index (Phi) is 4.20. The van der Waals surface area contributed by atoms with Gasteiger partial charge in [0.1, 0.15) is 0 Å². The van der Waals surface area contributed by atoms with E-state index in [0.717, 1.165) is 0 Å². The molecule has 0 spiro atoms. The van der Waals surface area contributed by atoms with Crippen LogP contribution in [-0.4, -0.2) is 25.5 Å². The molecule has 7 heteroatoms. The molecule has 1 aliphatic heterocycles. The predicted octanol–water partition coefficient (Wildman–Crippen LogP) is 3.44. The van der Waals surface area contributed by atoms with Crippen molar-refractivity contribution >= 4 is 40.1 Å². The second-order valence-electron chi connectivity index (χ2n) is 6.10. The van der Waals surface area contributed by atoms with Crippen molar-refractivity contribution in [2.75, 3.05) is 18.6 Å². The molecule has 2 aromatic carbocycles. The van der Waals surface area contributed by atoms with E-state index in [0.29, 0.717) is 35.2 Å². The topological polar surface area (TPSA) is 76.8 Å². The van der Waals surface area contributed by atoms with E-state index in [2.05, 4.69) is 0 Å². The molecule has 0 unspecified atom stereocenters. The maximum Gasteiger partial charge on any atom is 0.337 e. The highest BCUT2D eigenvalue weighted by molar-refractivity contribution is 6.34. The minimum atomic E-state index is -0.494. The van der Waals surface area contributed by atoms with Gasteiger partial charge in [0.05, 0.1) is 28.6 Å². The monoisotopic (exact) mass is 383 g/mol. The molecule has 0 N–H and O–H groups in total. The average molecular weight is 384 g/mol. The highest BCUT2D eigenvalue weighted by Gasteiger charge is 2.31. The smallest absolute Gasteiger partial charge is 0.337 e. The number of hydrogen-bond donors (Lipinski definition) is 0. The Hall–Kier alpha value is -3.12. The van der Waals surface area contributed by atoms with Gasteiger partial charge in [0, 0.05) is 12.2 Å². The molecule has 3 aromatic rings. The van der Waals surface area contributed by atoms with Crippen LogP contribution in [0.3, 0.4) is 0 Å². The first-order chi connectivity index (χ1) is 13.0. The summed E-state index contributed by atoms with van der Waals surface area (Å²) in [5.41, 5.74) is 1.15. The highest BCUT2D eigenvalue weighted by atomic mass is 35.5. The second-order valence-corrected chi connectivity index (χ2v) is 6.51. The fraction of sp³-hybridized carbons (Fsp3) is 0.150. The van der Waals surface area contributed by atoms with Crippen LogP contribution in [0.2, 0.25) is 5.02 Å². The van der Waals surface area contributed by atoms with E-state index in [-0.39, 0.29) is 21.8 Å². The van der Waals surface area contributed by atoms with Gasteiger partial charge in [0.2, 0.25) is 0 Å². The lowest BCUT2D eigenvalue weighted by atomic mass is 10.0. The molecule has 1 aliphatic rings. The van der Waals surface area contributed by atoms with Crippen LogP contribution in [0.1, 0.15) is 26.5 Å². The van der Waals surface area contributed by atoms with E-state index >= 15 is 0 Å². The summed E-state index contributed by atoms with van der Waals surface area (Å²) in [6.07, 6.45) is 0.342. The fourth-order valence-electron chi connectivity index (χ4n) is 3.23. The van der Waals surface area contributed by atoms with E-state index in [4.69, 9.17) is 20.8 Å². The minimum absolute atomic E-state index is 0.0182. The molecule has 4 rings (SSSR count). The number of nitrogens with zero attached hydrogens (tertiary/aromatic N) is 1. The number of benzene rings is 2. The van der Waals surface area contributed by atoms with Crippen LogP contribution in [0, 0.1) is 0 Å². The molecule has 1 aromatic heterocycles. The van der Waals surface area contributed by atoms with E-state index in [9.17, 15) is 14.4 Å². The molecule has 0 radical (unpaired) electrons. The summed E-state index contributed by atoms with van der Waals surface area (Å²) in [5.74, 6) is -0.960. The van der Waals surface area contributed by atoms with Crippen molar-refractivity contribution < 1.29 is 18.7 Å². The van der Waals surface area contributed by atoms with Crippen molar-refractivity contribution in [1.29, 1.82) is 0 Å². The molecule has 27 heavy (non-hydrogen) atoms. The minimum Gasteiger partial charge on any atom is -0.465 e. The number of halogens is 1. The van der Waals surface area contributed by atoms with Crippen molar-refractivity contribution in [1.82, 2.24) is 0 Å². The summed E-state index contributed by atoms with van der Waals surface area (Å²) < 4.78 is 10.5. The first-order valence-corrected chi connectivity index (χ1v) is 8.63. The Morgan fingerprint density at radius 2 is 1.96 bits per heavy atom. The molecule has 2 heterocycles. The summed E-state index contributed by atoms with van der Waals surface area (Å²) >= 11 is 6.14. The van der Waals surface area contributed by atoms with Gasteiger partial charge in [0.15, 0.2) is 16.8 Å². The lowest BCUT2D eigenvalue weighted by Gasteiger charge is -2.27. The lowest BCUT2D eigenvalue weighted by Crippen LogP contribution is -2.40. The molecule has 136 valence electrons. The number of amides is 1. The van der Waals surface area contributed by atoms with Crippen LogP contribution in [0.4, 0.5) is 5.69 Å². The van der Waals surface area contributed by atoms with Gasteiger partial charge in [-0.15, -0.1) is 0 Å². The maximum absolute atomic E-state index is 13.0. The van der Waals surface area contributed by atoms with Crippen LogP contribution >= 0.6 is 11.6 Å².